The minimum atomic E-state index is -0.319. The zero-order valence-electron chi connectivity index (χ0n) is 14.2. The number of fused-ring (bicyclic) bond motifs is 1. The molecule has 1 aromatic carbocycles. The van der Waals surface area contributed by atoms with Crippen molar-refractivity contribution in [2.75, 3.05) is 6.54 Å². The van der Waals surface area contributed by atoms with Gasteiger partial charge in [-0.3, -0.25) is 9.48 Å². The zero-order chi connectivity index (χ0) is 17.6. The first kappa shape index (κ1) is 15.8. The lowest BCUT2D eigenvalue weighted by atomic mass is 10.2. The minimum Gasteiger partial charge on any atom is -0.355 e. The Morgan fingerprint density at radius 3 is 2.96 bits per heavy atom. The highest BCUT2D eigenvalue weighted by atomic mass is 19.1. The van der Waals surface area contributed by atoms with Gasteiger partial charge in [0, 0.05) is 39.2 Å². The Morgan fingerprint density at radius 1 is 1.40 bits per heavy atom. The number of imidazole rings is 1. The molecule has 1 aliphatic rings. The van der Waals surface area contributed by atoms with Gasteiger partial charge in [-0.25, -0.2) is 9.37 Å². The van der Waals surface area contributed by atoms with Gasteiger partial charge in [0.15, 0.2) is 5.82 Å². The summed E-state index contributed by atoms with van der Waals surface area (Å²) < 4.78 is 17.4. The molecule has 25 heavy (non-hydrogen) atoms. The van der Waals surface area contributed by atoms with Crippen LogP contribution in [0, 0.1) is 11.7 Å². The monoisotopic (exact) mass is 341 g/mol. The molecule has 7 heteroatoms. The predicted molar refractivity (Wildman–Crippen MR) is 91.4 cm³/mol. The molecule has 1 fully saturated rings. The van der Waals surface area contributed by atoms with Gasteiger partial charge in [0.2, 0.25) is 5.91 Å². The number of benzene rings is 1. The third-order valence-electron chi connectivity index (χ3n) is 4.88. The Balaban J connectivity index is 1.35. The molecule has 0 unspecified atom stereocenters. The molecule has 0 bridgehead atoms. The van der Waals surface area contributed by atoms with Crippen LogP contribution in [0.1, 0.15) is 23.7 Å². The van der Waals surface area contributed by atoms with Crippen LogP contribution in [0.4, 0.5) is 4.39 Å². The van der Waals surface area contributed by atoms with Crippen LogP contribution in [0.5, 0.6) is 0 Å². The minimum absolute atomic E-state index is 0.0297. The summed E-state index contributed by atoms with van der Waals surface area (Å²) in [5.41, 5.74) is 2.26. The molecule has 4 rings (SSSR count). The fourth-order valence-corrected chi connectivity index (χ4v) is 3.37. The Labute approximate surface area is 144 Å². The Bertz CT molecular complexity index is 944. The highest BCUT2D eigenvalue weighted by Crippen LogP contribution is 2.47. The third kappa shape index (κ3) is 2.90. The van der Waals surface area contributed by atoms with Crippen LogP contribution in [0.2, 0.25) is 0 Å². The molecule has 6 nitrogen and oxygen atoms in total. The van der Waals surface area contributed by atoms with Crippen LogP contribution >= 0.6 is 0 Å². The summed E-state index contributed by atoms with van der Waals surface area (Å²) in [7, 11) is 3.74. The van der Waals surface area contributed by atoms with Crippen LogP contribution < -0.4 is 5.32 Å². The van der Waals surface area contributed by atoms with E-state index in [1.54, 1.807) is 10.7 Å². The van der Waals surface area contributed by atoms with Gasteiger partial charge in [-0.1, -0.05) is 6.07 Å². The van der Waals surface area contributed by atoms with E-state index in [1.165, 1.54) is 6.07 Å². The molecule has 1 amide bonds. The van der Waals surface area contributed by atoms with Gasteiger partial charge in [-0.15, -0.1) is 0 Å². The van der Waals surface area contributed by atoms with E-state index < -0.39 is 0 Å². The first-order valence-corrected chi connectivity index (χ1v) is 8.40. The highest BCUT2D eigenvalue weighted by molar-refractivity contribution is 5.82. The SMILES string of the molecule is Cn1cc([C@H]2C[C@@H]2C(=O)NCCc2nc3c(F)cccc3n2C)cn1. The number of halogens is 1. The summed E-state index contributed by atoms with van der Waals surface area (Å²) in [4.78, 5) is 16.6. The van der Waals surface area contributed by atoms with E-state index in [1.807, 2.05) is 37.1 Å². The molecule has 1 N–H and O–H groups in total. The van der Waals surface area contributed by atoms with E-state index in [4.69, 9.17) is 0 Å². The predicted octanol–water partition coefficient (Wildman–Crippen LogP) is 1.91. The maximum atomic E-state index is 13.8. The summed E-state index contributed by atoms with van der Waals surface area (Å²) in [6, 6.07) is 4.93. The van der Waals surface area contributed by atoms with Crippen LogP contribution in [0.25, 0.3) is 11.0 Å². The molecule has 1 aliphatic carbocycles. The average Bonchev–Trinajstić information content (AvgIpc) is 3.18. The summed E-state index contributed by atoms with van der Waals surface area (Å²) in [5, 5.41) is 7.13. The molecular formula is C18H20FN5O. The van der Waals surface area contributed by atoms with E-state index in [0.29, 0.717) is 18.5 Å². The highest BCUT2D eigenvalue weighted by Gasteiger charge is 2.44. The molecule has 0 aliphatic heterocycles. The number of hydrogen-bond donors (Lipinski definition) is 1. The molecule has 130 valence electrons. The van der Waals surface area contributed by atoms with Crippen LogP contribution in [0.3, 0.4) is 0 Å². The van der Waals surface area contributed by atoms with Crippen LogP contribution in [-0.4, -0.2) is 31.8 Å². The van der Waals surface area contributed by atoms with Crippen molar-refractivity contribution in [3.05, 3.63) is 47.8 Å². The molecule has 1 saturated carbocycles. The van der Waals surface area contributed by atoms with E-state index >= 15 is 0 Å². The standard InChI is InChI=1S/C18H20FN5O/c1-23-10-11(9-21-23)12-8-13(12)18(25)20-7-6-16-22-17-14(19)4-3-5-15(17)24(16)2/h3-5,9-10,12-13H,6-8H2,1-2H3,(H,20,25)/t12-,13+/m1/s1. The van der Waals surface area contributed by atoms with Gasteiger partial charge < -0.3 is 9.88 Å². The van der Waals surface area contributed by atoms with Gasteiger partial charge in [0.25, 0.3) is 0 Å². The summed E-state index contributed by atoms with van der Waals surface area (Å²) >= 11 is 0. The number of para-hydroxylation sites is 1. The van der Waals surface area contributed by atoms with Crippen molar-refractivity contribution in [1.29, 1.82) is 0 Å². The molecule has 0 spiro atoms. The second-order valence-corrected chi connectivity index (χ2v) is 6.63. The Kier molecular flexibility index (Phi) is 3.78. The maximum Gasteiger partial charge on any atom is 0.223 e. The first-order valence-electron chi connectivity index (χ1n) is 8.40. The average molecular weight is 341 g/mol. The fourth-order valence-electron chi connectivity index (χ4n) is 3.37. The van der Waals surface area contributed by atoms with Crippen LogP contribution in [-0.2, 0) is 25.3 Å². The molecular weight excluding hydrogens is 321 g/mol. The van der Waals surface area contributed by atoms with E-state index in [-0.39, 0.29) is 23.6 Å². The topological polar surface area (TPSA) is 64.7 Å². The molecule has 3 aromatic rings. The van der Waals surface area contributed by atoms with Crippen LogP contribution in [0.15, 0.2) is 30.6 Å². The second-order valence-electron chi connectivity index (χ2n) is 6.63. The fraction of sp³-hybridized carbons (Fsp3) is 0.389. The molecule has 0 saturated heterocycles. The van der Waals surface area contributed by atoms with Gasteiger partial charge >= 0.3 is 0 Å². The number of aromatic nitrogens is 4. The number of amides is 1. The Morgan fingerprint density at radius 2 is 2.24 bits per heavy atom. The number of carbonyl (C=O) groups excluding carboxylic acids is 1. The Hall–Kier alpha value is -2.70. The number of aryl methyl sites for hydroxylation is 2. The lowest BCUT2D eigenvalue weighted by molar-refractivity contribution is -0.122. The van der Waals surface area contributed by atoms with Gasteiger partial charge in [0.1, 0.15) is 11.3 Å². The first-order chi connectivity index (χ1) is 12.0. The van der Waals surface area contributed by atoms with E-state index in [0.717, 1.165) is 23.3 Å². The van der Waals surface area contributed by atoms with Crippen molar-refractivity contribution in [3.8, 4) is 0 Å². The van der Waals surface area contributed by atoms with Crippen molar-refractivity contribution < 1.29 is 9.18 Å². The number of nitrogens with one attached hydrogen (secondary N) is 1. The number of nitrogens with zero attached hydrogens (tertiary/aromatic N) is 4. The molecule has 2 heterocycles. The van der Waals surface area contributed by atoms with Crippen molar-refractivity contribution in [3.63, 3.8) is 0 Å². The summed E-state index contributed by atoms with van der Waals surface area (Å²) in [5.74, 6) is 0.820. The number of carbonyl (C=O) groups is 1. The number of hydrogen-bond acceptors (Lipinski definition) is 3. The largest absolute Gasteiger partial charge is 0.355 e. The van der Waals surface area contributed by atoms with E-state index in [9.17, 15) is 9.18 Å². The van der Waals surface area contributed by atoms with Gasteiger partial charge in [-0.05, 0) is 30.0 Å². The van der Waals surface area contributed by atoms with Crippen molar-refractivity contribution >= 4 is 16.9 Å². The van der Waals surface area contributed by atoms with Crippen molar-refractivity contribution in [2.45, 2.75) is 18.8 Å². The summed E-state index contributed by atoms with van der Waals surface area (Å²) in [6.45, 7) is 0.494. The third-order valence-corrected chi connectivity index (χ3v) is 4.88. The van der Waals surface area contributed by atoms with Gasteiger partial charge in [-0.2, -0.15) is 5.10 Å². The normalized spacial score (nSPS) is 19.3. The van der Waals surface area contributed by atoms with E-state index in [2.05, 4.69) is 15.4 Å². The van der Waals surface area contributed by atoms with Crippen molar-refractivity contribution in [1.82, 2.24) is 24.6 Å². The van der Waals surface area contributed by atoms with Crippen molar-refractivity contribution in [2.24, 2.45) is 20.0 Å². The molecule has 0 radical (unpaired) electrons. The second kappa shape index (κ2) is 5.98. The lowest BCUT2D eigenvalue weighted by Gasteiger charge is -2.05. The smallest absolute Gasteiger partial charge is 0.223 e. The quantitative estimate of drug-likeness (QED) is 0.771. The lowest BCUT2D eigenvalue weighted by Crippen LogP contribution is -2.28. The summed E-state index contributed by atoms with van der Waals surface area (Å²) in [6.07, 6.45) is 5.23. The van der Waals surface area contributed by atoms with Gasteiger partial charge in [0.05, 0.1) is 11.7 Å². The zero-order valence-corrected chi connectivity index (χ0v) is 14.2. The molecule has 2 aromatic heterocycles. The molecule has 2 atom stereocenters. The number of rotatable bonds is 5. The maximum absolute atomic E-state index is 13.8.